The first-order valence-electron chi connectivity index (χ1n) is 8.06. The molecule has 5 nitrogen and oxygen atoms in total. The minimum atomic E-state index is -4.76. The Hall–Kier alpha value is -3.04. The monoisotopic (exact) mass is 405 g/mol. The molecule has 28 heavy (non-hydrogen) atoms. The molecule has 0 aliphatic rings. The highest BCUT2D eigenvalue weighted by Crippen LogP contribution is 2.25. The number of halogens is 5. The van der Waals surface area contributed by atoms with Crippen molar-refractivity contribution in [2.75, 3.05) is 13.2 Å². The van der Waals surface area contributed by atoms with Crippen LogP contribution in [-0.2, 0) is 0 Å². The lowest BCUT2D eigenvalue weighted by atomic mass is 10.1. The van der Waals surface area contributed by atoms with Crippen LogP contribution in [0.1, 0.15) is 23.2 Å². The molecule has 0 bridgehead atoms. The standard InChI is InChI=1S/C18H16F5NO4/c19-13-7-8-14(16(20)15(13)17(24)25)27-10-2-1-9-26-11-3-5-12(6-4-11)28-18(21,22)23/h3-8H,1-2,9-10H2,(H2,24,25). The van der Waals surface area contributed by atoms with Crippen LogP contribution >= 0.6 is 0 Å². The van der Waals surface area contributed by atoms with Gasteiger partial charge >= 0.3 is 6.36 Å². The van der Waals surface area contributed by atoms with Crippen molar-refractivity contribution >= 4 is 5.91 Å². The Labute approximate surface area is 156 Å². The summed E-state index contributed by atoms with van der Waals surface area (Å²) < 4.78 is 77.8. The Bertz CT molecular complexity index is 809. The van der Waals surface area contributed by atoms with Crippen molar-refractivity contribution in [3.63, 3.8) is 0 Å². The molecule has 0 fully saturated rings. The van der Waals surface area contributed by atoms with Gasteiger partial charge in [0, 0.05) is 0 Å². The Kier molecular flexibility index (Phi) is 7.02. The number of benzene rings is 2. The third kappa shape index (κ3) is 6.29. The van der Waals surface area contributed by atoms with Crippen LogP contribution in [0.2, 0.25) is 0 Å². The van der Waals surface area contributed by atoms with Crippen LogP contribution in [0.15, 0.2) is 36.4 Å². The zero-order valence-electron chi connectivity index (χ0n) is 14.4. The number of amides is 1. The van der Waals surface area contributed by atoms with Crippen molar-refractivity contribution in [3.8, 4) is 17.2 Å². The van der Waals surface area contributed by atoms with E-state index in [1.54, 1.807) is 0 Å². The van der Waals surface area contributed by atoms with Crippen molar-refractivity contribution in [1.82, 2.24) is 0 Å². The molecule has 152 valence electrons. The summed E-state index contributed by atoms with van der Waals surface area (Å²) in [5.41, 5.74) is 4.06. The van der Waals surface area contributed by atoms with Gasteiger partial charge in [0.05, 0.1) is 13.2 Å². The molecule has 0 unspecified atom stereocenters. The van der Waals surface area contributed by atoms with Crippen LogP contribution in [0, 0.1) is 11.6 Å². The van der Waals surface area contributed by atoms with Gasteiger partial charge in [-0.3, -0.25) is 4.79 Å². The summed E-state index contributed by atoms with van der Waals surface area (Å²) in [5.74, 6) is -3.77. The summed E-state index contributed by atoms with van der Waals surface area (Å²) in [7, 11) is 0. The van der Waals surface area contributed by atoms with Gasteiger partial charge in [0.2, 0.25) is 0 Å². The van der Waals surface area contributed by atoms with E-state index in [0.29, 0.717) is 18.6 Å². The molecule has 0 aromatic heterocycles. The van der Waals surface area contributed by atoms with Crippen LogP contribution in [0.25, 0.3) is 0 Å². The molecule has 0 atom stereocenters. The van der Waals surface area contributed by atoms with E-state index in [9.17, 15) is 26.7 Å². The molecule has 0 spiro atoms. The van der Waals surface area contributed by atoms with Gasteiger partial charge in [-0.15, -0.1) is 13.2 Å². The zero-order chi connectivity index (χ0) is 20.7. The van der Waals surface area contributed by atoms with Gasteiger partial charge in [-0.25, -0.2) is 8.78 Å². The van der Waals surface area contributed by atoms with Crippen LogP contribution in [-0.4, -0.2) is 25.5 Å². The van der Waals surface area contributed by atoms with E-state index in [1.165, 1.54) is 12.1 Å². The summed E-state index contributed by atoms with van der Waals surface area (Å²) in [6.07, 6.45) is -3.82. The predicted octanol–water partition coefficient (Wildman–Crippen LogP) is 4.20. The highest BCUT2D eigenvalue weighted by atomic mass is 19.4. The lowest BCUT2D eigenvalue weighted by Crippen LogP contribution is -2.17. The molecule has 0 aliphatic carbocycles. The van der Waals surface area contributed by atoms with E-state index in [4.69, 9.17) is 15.2 Å². The third-order valence-electron chi connectivity index (χ3n) is 3.42. The second kappa shape index (κ2) is 9.25. The molecule has 2 aromatic carbocycles. The fourth-order valence-corrected chi connectivity index (χ4v) is 2.18. The van der Waals surface area contributed by atoms with Crippen LogP contribution in [0.5, 0.6) is 17.2 Å². The van der Waals surface area contributed by atoms with Crippen molar-refractivity contribution in [3.05, 3.63) is 53.6 Å². The molecular weight excluding hydrogens is 389 g/mol. The number of nitrogens with two attached hydrogens (primary N) is 1. The largest absolute Gasteiger partial charge is 0.573 e. The normalized spacial score (nSPS) is 11.2. The quantitative estimate of drug-likeness (QED) is 0.502. The topological polar surface area (TPSA) is 70.8 Å². The number of hydrogen-bond acceptors (Lipinski definition) is 4. The average Bonchev–Trinajstić information content (AvgIpc) is 2.59. The number of primary amides is 1. The second-order valence-corrected chi connectivity index (χ2v) is 5.52. The molecule has 2 aromatic rings. The van der Waals surface area contributed by atoms with Crippen molar-refractivity contribution in [2.45, 2.75) is 19.2 Å². The van der Waals surface area contributed by atoms with Gasteiger partial charge in [0.25, 0.3) is 5.91 Å². The van der Waals surface area contributed by atoms with E-state index < -0.39 is 29.5 Å². The summed E-state index contributed by atoms with van der Waals surface area (Å²) in [4.78, 5) is 11.0. The van der Waals surface area contributed by atoms with Gasteiger partial charge in [-0.05, 0) is 49.2 Å². The fourth-order valence-electron chi connectivity index (χ4n) is 2.18. The molecule has 0 aliphatic heterocycles. The van der Waals surface area contributed by atoms with E-state index in [-0.39, 0.29) is 24.7 Å². The molecule has 0 saturated carbocycles. The maximum Gasteiger partial charge on any atom is 0.573 e. The molecule has 1 amide bonds. The summed E-state index contributed by atoms with van der Waals surface area (Å²) in [5, 5.41) is 0. The number of hydrogen-bond donors (Lipinski definition) is 1. The Morgan fingerprint density at radius 1 is 0.893 bits per heavy atom. The average molecular weight is 405 g/mol. The zero-order valence-corrected chi connectivity index (χ0v) is 14.4. The lowest BCUT2D eigenvalue weighted by Gasteiger charge is -2.11. The van der Waals surface area contributed by atoms with Crippen LogP contribution in [0.4, 0.5) is 22.0 Å². The number of unbranched alkanes of at least 4 members (excludes halogenated alkanes) is 1. The smallest absolute Gasteiger partial charge is 0.494 e. The minimum absolute atomic E-state index is 0.0719. The first kappa shape index (κ1) is 21.3. The number of carbonyl (C=O) groups excluding carboxylic acids is 1. The Balaban J connectivity index is 1.73. The highest BCUT2D eigenvalue weighted by Gasteiger charge is 2.30. The van der Waals surface area contributed by atoms with Crippen molar-refractivity contribution < 1.29 is 41.0 Å². The Morgan fingerprint density at radius 2 is 1.46 bits per heavy atom. The maximum absolute atomic E-state index is 13.9. The van der Waals surface area contributed by atoms with Crippen LogP contribution in [0.3, 0.4) is 0 Å². The van der Waals surface area contributed by atoms with Gasteiger partial charge in [-0.2, -0.15) is 0 Å². The molecule has 0 heterocycles. The first-order valence-corrected chi connectivity index (χ1v) is 8.06. The lowest BCUT2D eigenvalue weighted by molar-refractivity contribution is -0.274. The van der Waals surface area contributed by atoms with Gasteiger partial charge in [-0.1, -0.05) is 0 Å². The number of ether oxygens (including phenoxy) is 3. The maximum atomic E-state index is 13.9. The SMILES string of the molecule is NC(=O)c1c(F)ccc(OCCCCOc2ccc(OC(F)(F)F)cc2)c1F. The molecule has 2 N–H and O–H groups in total. The molecule has 0 saturated heterocycles. The first-order chi connectivity index (χ1) is 13.2. The number of alkyl halides is 3. The molecule has 0 radical (unpaired) electrons. The van der Waals surface area contributed by atoms with Gasteiger partial charge in [0.1, 0.15) is 22.9 Å². The third-order valence-corrected chi connectivity index (χ3v) is 3.42. The van der Waals surface area contributed by atoms with E-state index in [2.05, 4.69) is 4.74 Å². The summed E-state index contributed by atoms with van der Waals surface area (Å²) in [6.45, 7) is 0.309. The summed E-state index contributed by atoms with van der Waals surface area (Å²) in [6, 6.07) is 6.85. The number of carbonyl (C=O) groups is 1. The summed E-state index contributed by atoms with van der Waals surface area (Å²) >= 11 is 0. The van der Waals surface area contributed by atoms with E-state index in [0.717, 1.165) is 24.3 Å². The van der Waals surface area contributed by atoms with Crippen molar-refractivity contribution in [2.24, 2.45) is 5.73 Å². The van der Waals surface area contributed by atoms with Gasteiger partial charge < -0.3 is 19.9 Å². The second-order valence-electron chi connectivity index (χ2n) is 5.52. The molecular formula is C18H16F5NO4. The van der Waals surface area contributed by atoms with E-state index >= 15 is 0 Å². The molecule has 10 heteroatoms. The van der Waals surface area contributed by atoms with Crippen molar-refractivity contribution in [1.29, 1.82) is 0 Å². The predicted molar refractivity (Wildman–Crippen MR) is 88.2 cm³/mol. The molecule has 2 rings (SSSR count). The Morgan fingerprint density at radius 3 is 2.04 bits per heavy atom. The highest BCUT2D eigenvalue weighted by molar-refractivity contribution is 5.93. The number of rotatable bonds is 9. The van der Waals surface area contributed by atoms with E-state index in [1.807, 2.05) is 0 Å². The van der Waals surface area contributed by atoms with Gasteiger partial charge in [0.15, 0.2) is 11.6 Å². The van der Waals surface area contributed by atoms with Crippen LogP contribution < -0.4 is 19.9 Å². The minimum Gasteiger partial charge on any atom is -0.494 e. The fraction of sp³-hybridized carbons (Fsp3) is 0.278.